The number of nitrogens with zero attached hydrogens (tertiary/aromatic N) is 3. The topological polar surface area (TPSA) is 41.1 Å². The van der Waals surface area contributed by atoms with Gasteiger partial charge in [-0.3, -0.25) is 0 Å². The Morgan fingerprint density at radius 1 is 1.05 bits per heavy atom. The number of aromatic nitrogens is 2. The van der Waals surface area contributed by atoms with Crippen molar-refractivity contribution in [2.45, 2.75) is 48.1 Å². The summed E-state index contributed by atoms with van der Waals surface area (Å²) in [6.07, 6.45) is 0. The minimum Gasteiger partial charge on any atom is -0.341 e. The van der Waals surface area contributed by atoms with E-state index in [1.54, 1.807) is 0 Å². The molecule has 0 aromatic carbocycles. The molecule has 1 heterocycles. The summed E-state index contributed by atoms with van der Waals surface area (Å²) >= 11 is 0. The van der Waals surface area contributed by atoms with Crippen molar-refractivity contribution in [3.63, 3.8) is 0 Å². The SMILES string of the molecule is CCN(CC)c1nc(C)c(CNCC(C)C)c(C)n1. The van der Waals surface area contributed by atoms with Crippen LogP contribution in [0.15, 0.2) is 0 Å². The second-order valence-electron chi connectivity index (χ2n) is 5.37. The van der Waals surface area contributed by atoms with Crippen LogP contribution in [0.3, 0.4) is 0 Å². The Bertz CT molecular complexity index is 374. The summed E-state index contributed by atoms with van der Waals surface area (Å²) in [6.45, 7) is 16.6. The van der Waals surface area contributed by atoms with E-state index in [0.29, 0.717) is 5.92 Å². The number of aryl methyl sites for hydroxylation is 2. The van der Waals surface area contributed by atoms with Crippen LogP contribution < -0.4 is 10.2 Å². The molecule has 0 saturated carbocycles. The van der Waals surface area contributed by atoms with E-state index in [0.717, 1.165) is 43.5 Å². The number of anilines is 1. The predicted octanol–water partition coefficient (Wildman–Crippen LogP) is 2.69. The molecule has 4 heteroatoms. The molecule has 0 spiro atoms. The molecule has 1 N–H and O–H groups in total. The summed E-state index contributed by atoms with van der Waals surface area (Å²) in [5.41, 5.74) is 3.41. The highest BCUT2D eigenvalue weighted by molar-refractivity contribution is 5.36. The molecule has 0 aliphatic heterocycles. The Morgan fingerprint density at radius 2 is 1.58 bits per heavy atom. The summed E-state index contributed by atoms with van der Waals surface area (Å²) in [6, 6.07) is 0. The molecule has 1 rings (SSSR count). The van der Waals surface area contributed by atoms with Crippen LogP contribution in [0, 0.1) is 19.8 Å². The van der Waals surface area contributed by atoms with Crippen LogP contribution in [0.2, 0.25) is 0 Å². The zero-order chi connectivity index (χ0) is 14.4. The van der Waals surface area contributed by atoms with E-state index in [2.05, 4.69) is 61.7 Å². The van der Waals surface area contributed by atoms with Crippen molar-refractivity contribution >= 4 is 5.95 Å². The molecule has 19 heavy (non-hydrogen) atoms. The quantitative estimate of drug-likeness (QED) is 0.822. The van der Waals surface area contributed by atoms with Gasteiger partial charge in [0.15, 0.2) is 0 Å². The highest BCUT2D eigenvalue weighted by atomic mass is 15.2. The third kappa shape index (κ3) is 4.46. The number of hydrogen-bond acceptors (Lipinski definition) is 4. The van der Waals surface area contributed by atoms with Gasteiger partial charge in [-0.15, -0.1) is 0 Å². The predicted molar refractivity (Wildman–Crippen MR) is 81.6 cm³/mol. The maximum absolute atomic E-state index is 4.65. The van der Waals surface area contributed by atoms with E-state index >= 15 is 0 Å². The number of rotatable bonds is 7. The average molecular weight is 264 g/mol. The molecular formula is C15H28N4. The van der Waals surface area contributed by atoms with Crippen LogP contribution in [-0.4, -0.2) is 29.6 Å². The van der Waals surface area contributed by atoms with Gasteiger partial charge in [-0.2, -0.15) is 0 Å². The lowest BCUT2D eigenvalue weighted by molar-refractivity contribution is 0.549. The molecule has 0 fully saturated rings. The third-order valence-electron chi connectivity index (χ3n) is 3.31. The Balaban J connectivity index is 2.85. The Hall–Kier alpha value is -1.16. The molecule has 108 valence electrons. The van der Waals surface area contributed by atoms with Gasteiger partial charge in [0.05, 0.1) is 0 Å². The van der Waals surface area contributed by atoms with Gasteiger partial charge in [-0.05, 0) is 40.2 Å². The molecule has 0 saturated heterocycles. The standard InChI is InChI=1S/C15H28N4/c1-7-19(8-2)15-17-12(5)14(13(6)18-15)10-16-9-11(3)4/h11,16H,7-10H2,1-6H3. The molecule has 0 amide bonds. The van der Waals surface area contributed by atoms with Crippen molar-refractivity contribution in [3.05, 3.63) is 17.0 Å². The zero-order valence-electron chi connectivity index (χ0n) is 13.2. The highest BCUT2D eigenvalue weighted by Crippen LogP contribution is 2.15. The van der Waals surface area contributed by atoms with Crippen molar-refractivity contribution < 1.29 is 0 Å². The van der Waals surface area contributed by atoms with Gasteiger partial charge in [0.25, 0.3) is 0 Å². The van der Waals surface area contributed by atoms with Crippen molar-refractivity contribution in [2.24, 2.45) is 5.92 Å². The molecule has 0 radical (unpaired) electrons. The summed E-state index contributed by atoms with van der Waals surface area (Å²) in [4.78, 5) is 11.5. The molecule has 4 nitrogen and oxygen atoms in total. The fourth-order valence-electron chi connectivity index (χ4n) is 2.11. The van der Waals surface area contributed by atoms with E-state index in [-0.39, 0.29) is 0 Å². The summed E-state index contributed by atoms with van der Waals surface area (Å²) in [7, 11) is 0. The summed E-state index contributed by atoms with van der Waals surface area (Å²) < 4.78 is 0. The maximum Gasteiger partial charge on any atom is 0.225 e. The second-order valence-corrected chi connectivity index (χ2v) is 5.37. The van der Waals surface area contributed by atoms with Crippen molar-refractivity contribution in [3.8, 4) is 0 Å². The van der Waals surface area contributed by atoms with Crippen LogP contribution in [0.5, 0.6) is 0 Å². The van der Waals surface area contributed by atoms with Crippen molar-refractivity contribution in [1.82, 2.24) is 15.3 Å². The largest absolute Gasteiger partial charge is 0.341 e. The monoisotopic (exact) mass is 264 g/mol. The summed E-state index contributed by atoms with van der Waals surface area (Å²) in [5, 5.41) is 3.47. The molecule has 0 aliphatic carbocycles. The second kappa shape index (κ2) is 7.43. The minimum absolute atomic E-state index is 0.663. The van der Waals surface area contributed by atoms with Crippen LogP contribution in [0.1, 0.15) is 44.6 Å². The highest BCUT2D eigenvalue weighted by Gasteiger charge is 2.11. The Morgan fingerprint density at radius 3 is 2.00 bits per heavy atom. The van der Waals surface area contributed by atoms with Crippen molar-refractivity contribution in [2.75, 3.05) is 24.5 Å². The van der Waals surface area contributed by atoms with E-state index in [9.17, 15) is 0 Å². The zero-order valence-corrected chi connectivity index (χ0v) is 13.2. The molecule has 1 aromatic heterocycles. The fourth-order valence-corrected chi connectivity index (χ4v) is 2.11. The van der Waals surface area contributed by atoms with E-state index in [1.807, 2.05) is 0 Å². The lowest BCUT2D eigenvalue weighted by Gasteiger charge is -2.21. The molecule has 0 atom stereocenters. The molecule has 1 aromatic rings. The number of hydrogen-bond donors (Lipinski definition) is 1. The Kier molecular flexibility index (Phi) is 6.22. The lowest BCUT2D eigenvalue weighted by Crippen LogP contribution is -2.26. The van der Waals surface area contributed by atoms with E-state index in [1.165, 1.54) is 5.56 Å². The fraction of sp³-hybridized carbons (Fsp3) is 0.733. The van der Waals surface area contributed by atoms with Crippen LogP contribution >= 0.6 is 0 Å². The maximum atomic E-state index is 4.65. The first-order valence-corrected chi connectivity index (χ1v) is 7.29. The van der Waals surface area contributed by atoms with Crippen LogP contribution in [-0.2, 0) is 6.54 Å². The first-order chi connectivity index (χ1) is 8.99. The lowest BCUT2D eigenvalue weighted by atomic mass is 10.1. The van der Waals surface area contributed by atoms with Gasteiger partial charge in [0.1, 0.15) is 0 Å². The van der Waals surface area contributed by atoms with Crippen LogP contribution in [0.25, 0.3) is 0 Å². The average Bonchev–Trinajstić information content (AvgIpc) is 2.34. The van der Waals surface area contributed by atoms with E-state index in [4.69, 9.17) is 0 Å². The molecule has 0 unspecified atom stereocenters. The first-order valence-electron chi connectivity index (χ1n) is 7.29. The molecule has 0 aliphatic rings. The van der Waals surface area contributed by atoms with Gasteiger partial charge in [0, 0.05) is 36.6 Å². The van der Waals surface area contributed by atoms with Gasteiger partial charge in [-0.25, -0.2) is 9.97 Å². The smallest absolute Gasteiger partial charge is 0.225 e. The molecule has 0 bridgehead atoms. The normalized spacial score (nSPS) is 11.1. The van der Waals surface area contributed by atoms with Gasteiger partial charge in [-0.1, -0.05) is 13.8 Å². The van der Waals surface area contributed by atoms with Gasteiger partial charge in [0.2, 0.25) is 5.95 Å². The molecular weight excluding hydrogens is 236 g/mol. The third-order valence-corrected chi connectivity index (χ3v) is 3.31. The number of nitrogens with one attached hydrogen (secondary N) is 1. The first kappa shape index (κ1) is 15.9. The van der Waals surface area contributed by atoms with E-state index < -0.39 is 0 Å². The summed E-state index contributed by atoms with van der Waals surface area (Å²) in [5.74, 6) is 1.52. The van der Waals surface area contributed by atoms with Crippen LogP contribution in [0.4, 0.5) is 5.95 Å². The van der Waals surface area contributed by atoms with Gasteiger partial charge < -0.3 is 10.2 Å². The Labute approximate surface area is 117 Å². The van der Waals surface area contributed by atoms with Crippen molar-refractivity contribution in [1.29, 1.82) is 0 Å². The minimum atomic E-state index is 0.663. The van der Waals surface area contributed by atoms with Gasteiger partial charge >= 0.3 is 0 Å².